The molecule has 1 aromatic rings. The second-order valence-electron chi connectivity index (χ2n) is 3.43. The third kappa shape index (κ3) is 1.39. The van der Waals surface area contributed by atoms with Crippen molar-refractivity contribution in [2.24, 2.45) is 0 Å². The van der Waals surface area contributed by atoms with Crippen LogP contribution in [0, 0.1) is 0 Å². The molecular weight excluding hydrogens is 170 g/mol. The minimum absolute atomic E-state index is 0.591. The Morgan fingerprint density at radius 2 is 2.08 bits per heavy atom. The first-order valence-corrected chi connectivity index (χ1v) is 5.32. The topological polar surface area (TPSA) is 33.1 Å². The lowest BCUT2D eigenvalue weighted by Gasteiger charge is -2.29. The third-order valence-electron chi connectivity index (χ3n) is 2.51. The number of hydrogen-bond acceptors (Lipinski definition) is 3. The summed E-state index contributed by atoms with van der Waals surface area (Å²) >= 11 is 1.57. The molecule has 1 fully saturated rings. The number of nitrogens with zero attached hydrogens (tertiary/aromatic N) is 1. The molecule has 0 spiro atoms. The van der Waals surface area contributed by atoms with E-state index in [1.807, 2.05) is 5.38 Å². The molecule has 0 atom stereocenters. The summed E-state index contributed by atoms with van der Waals surface area (Å²) in [4.78, 5) is 4.18. The van der Waals surface area contributed by atoms with Crippen molar-refractivity contribution in [1.29, 1.82) is 0 Å². The van der Waals surface area contributed by atoms with E-state index in [2.05, 4.69) is 4.98 Å². The summed E-state index contributed by atoms with van der Waals surface area (Å²) < 4.78 is 0. The number of thiazole rings is 1. The van der Waals surface area contributed by atoms with Crippen molar-refractivity contribution in [1.82, 2.24) is 4.98 Å². The normalized spacial score (nSPS) is 22.4. The van der Waals surface area contributed by atoms with Crippen molar-refractivity contribution in [2.45, 2.75) is 37.7 Å². The Balaban J connectivity index is 2.19. The largest absolute Gasteiger partial charge is 0.383 e. The van der Waals surface area contributed by atoms with Crippen LogP contribution in [0.5, 0.6) is 0 Å². The lowest BCUT2D eigenvalue weighted by atomic mass is 9.85. The van der Waals surface area contributed by atoms with Gasteiger partial charge in [-0.05, 0) is 12.8 Å². The second-order valence-corrected chi connectivity index (χ2v) is 4.32. The van der Waals surface area contributed by atoms with Gasteiger partial charge in [0.05, 0.1) is 0 Å². The van der Waals surface area contributed by atoms with Crippen LogP contribution < -0.4 is 0 Å². The Hall–Kier alpha value is -0.410. The Bertz CT molecular complexity index is 239. The molecule has 2 rings (SSSR count). The zero-order chi connectivity index (χ0) is 8.44. The van der Waals surface area contributed by atoms with Gasteiger partial charge in [0.1, 0.15) is 10.6 Å². The summed E-state index contributed by atoms with van der Waals surface area (Å²) in [5.74, 6) is 0. The van der Waals surface area contributed by atoms with Crippen molar-refractivity contribution in [3.8, 4) is 0 Å². The second kappa shape index (κ2) is 3.15. The molecule has 66 valence electrons. The van der Waals surface area contributed by atoms with Crippen LogP contribution in [-0.4, -0.2) is 10.1 Å². The molecule has 0 radical (unpaired) electrons. The summed E-state index contributed by atoms with van der Waals surface area (Å²) in [6, 6.07) is 0. The van der Waals surface area contributed by atoms with Crippen molar-refractivity contribution in [3.63, 3.8) is 0 Å². The number of aliphatic hydroxyl groups is 1. The van der Waals surface area contributed by atoms with Gasteiger partial charge in [0, 0.05) is 11.6 Å². The Morgan fingerprint density at radius 1 is 1.33 bits per heavy atom. The highest BCUT2D eigenvalue weighted by molar-refractivity contribution is 7.09. The first-order chi connectivity index (χ1) is 5.81. The van der Waals surface area contributed by atoms with E-state index < -0.39 is 5.60 Å². The molecule has 0 aliphatic heterocycles. The first-order valence-electron chi connectivity index (χ1n) is 4.44. The zero-order valence-corrected chi connectivity index (χ0v) is 7.81. The zero-order valence-electron chi connectivity index (χ0n) is 6.99. The van der Waals surface area contributed by atoms with Crippen LogP contribution in [0.4, 0.5) is 0 Å². The van der Waals surface area contributed by atoms with Crippen molar-refractivity contribution in [3.05, 3.63) is 16.6 Å². The molecule has 1 heterocycles. The van der Waals surface area contributed by atoms with Crippen LogP contribution in [-0.2, 0) is 5.60 Å². The maximum Gasteiger partial charge on any atom is 0.124 e. The number of hydrogen-bond donors (Lipinski definition) is 1. The van der Waals surface area contributed by atoms with E-state index in [-0.39, 0.29) is 0 Å². The summed E-state index contributed by atoms with van der Waals surface area (Å²) in [7, 11) is 0. The summed E-state index contributed by atoms with van der Waals surface area (Å²) in [6.45, 7) is 0. The molecule has 0 saturated heterocycles. The Labute approximate surface area is 76.3 Å². The molecule has 0 bridgehead atoms. The van der Waals surface area contributed by atoms with Gasteiger partial charge in [-0.3, -0.25) is 0 Å². The maximum atomic E-state index is 10.2. The van der Waals surface area contributed by atoms with E-state index in [0.29, 0.717) is 0 Å². The van der Waals surface area contributed by atoms with Crippen LogP contribution >= 0.6 is 11.3 Å². The summed E-state index contributed by atoms with van der Waals surface area (Å²) in [5, 5.41) is 13.0. The molecule has 1 saturated carbocycles. The van der Waals surface area contributed by atoms with Gasteiger partial charge < -0.3 is 5.11 Å². The molecule has 3 heteroatoms. The van der Waals surface area contributed by atoms with Crippen LogP contribution in [0.1, 0.15) is 37.1 Å². The predicted molar refractivity (Wildman–Crippen MR) is 49.1 cm³/mol. The Morgan fingerprint density at radius 3 is 2.67 bits per heavy atom. The minimum atomic E-state index is -0.591. The number of rotatable bonds is 1. The molecule has 1 N–H and O–H groups in total. The Kier molecular flexibility index (Phi) is 2.15. The molecule has 2 nitrogen and oxygen atoms in total. The third-order valence-corrected chi connectivity index (χ3v) is 3.48. The van der Waals surface area contributed by atoms with Crippen LogP contribution in [0.2, 0.25) is 0 Å². The van der Waals surface area contributed by atoms with E-state index in [1.54, 1.807) is 17.5 Å². The summed E-state index contributed by atoms with van der Waals surface area (Å²) in [5.41, 5.74) is -0.591. The monoisotopic (exact) mass is 183 g/mol. The van der Waals surface area contributed by atoms with Crippen molar-refractivity contribution in [2.75, 3.05) is 0 Å². The van der Waals surface area contributed by atoms with Gasteiger partial charge in [0.2, 0.25) is 0 Å². The molecule has 0 amide bonds. The van der Waals surface area contributed by atoms with Crippen molar-refractivity contribution < 1.29 is 5.11 Å². The van der Waals surface area contributed by atoms with Crippen LogP contribution in [0.3, 0.4) is 0 Å². The highest BCUT2D eigenvalue weighted by Crippen LogP contribution is 2.37. The van der Waals surface area contributed by atoms with Gasteiger partial charge in [-0.25, -0.2) is 4.98 Å². The fourth-order valence-electron chi connectivity index (χ4n) is 1.80. The number of aromatic nitrogens is 1. The minimum Gasteiger partial charge on any atom is -0.383 e. The fourth-order valence-corrected chi connectivity index (χ4v) is 2.60. The quantitative estimate of drug-likeness (QED) is 0.724. The van der Waals surface area contributed by atoms with Crippen LogP contribution in [0.15, 0.2) is 11.6 Å². The van der Waals surface area contributed by atoms with E-state index >= 15 is 0 Å². The van der Waals surface area contributed by atoms with Gasteiger partial charge >= 0.3 is 0 Å². The van der Waals surface area contributed by atoms with E-state index in [9.17, 15) is 5.11 Å². The van der Waals surface area contributed by atoms with Gasteiger partial charge in [0.15, 0.2) is 0 Å². The van der Waals surface area contributed by atoms with Gasteiger partial charge in [-0.2, -0.15) is 0 Å². The fraction of sp³-hybridized carbons (Fsp3) is 0.667. The molecule has 1 aliphatic carbocycles. The molecule has 0 aromatic carbocycles. The SMILES string of the molecule is OC1(c2nccs2)CCCCC1. The predicted octanol–water partition coefficient (Wildman–Crippen LogP) is 2.29. The molecular formula is C9H13NOS. The van der Waals surface area contributed by atoms with Crippen LogP contribution in [0.25, 0.3) is 0 Å². The van der Waals surface area contributed by atoms with E-state index in [1.165, 1.54) is 6.42 Å². The van der Waals surface area contributed by atoms with E-state index in [0.717, 1.165) is 30.7 Å². The molecule has 1 aliphatic rings. The van der Waals surface area contributed by atoms with Crippen molar-refractivity contribution >= 4 is 11.3 Å². The highest BCUT2D eigenvalue weighted by Gasteiger charge is 2.33. The standard InChI is InChI=1S/C9H13NOS/c11-9(4-2-1-3-5-9)8-10-6-7-12-8/h6-7,11H,1-5H2. The lowest BCUT2D eigenvalue weighted by Crippen LogP contribution is -2.28. The van der Waals surface area contributed by atoms with Gasteiger partial charge in [-0.1, -0.05) is 19.3 Å². The maximum absolute atomic E-state index is 10.2. The molecule has 12 heavy (non-hydrogen) atoms. The van der Waals surface area contributed by atoms with Gasteiger partial charge in [0.25, 0.3) is 0 Å². The average molecular weight is 183 g/mol. The van der Waals surface area contributed by atoms with E-state index in [4.69, 9.17) is 0 Å². The highest BCUT2D eigenvalue weighted by atomic mass is 32.1. The molecule has 0 unspecified atom stereocenters. The average Bonchev–Trinajstić information content (AvgIpc) is 2.58. The van der Waals surface area contributed by atoms with Gasteiger partial charge in [-0.15, -0.1) is 11.3 Å². The summed E-state index contributed by atoms with van der Waals surface area (Å²) in [6.07, 6.45) is 7.08. The molecule has 1 aromatic heterocycles. The smallest absolute Gasteiger partial charge is 0.124 e. The first kappa shape index (κ1) is 8.20. The lowest BCUT2D eigenvalue weighted by molar-refractivity contribution is -0.000805.